The van der Waals surface area contributed by atoms with Gasteiger partial charge >= 0.3 is 12.2 Å². The Bertz CT molecular complexity index is 1410. The van der Waals surface area contributed by atoms with Crippen LogP contribution in [0, 0.1) is 6.92 Å². The monoisotopic (exact) mass is 547 g/mol. The average molecular weight is 548 g/mol. The largest absolute Gasteiger partial charge is 0.488 e. The summed E-state index contributed by atoms with van der Waals surface area (Å²) in [6, 6.07) is 3.22. The van der Waals surface area contributed by atoms with Crippen LogP contribution in [0.15, 0.2) is 41.5 Å². The minimum atomic E-state index is -4.74. The molecule has 0 unspecified atom stereocenters. The maximum Gasteiger partial charge on any atom is 0.416 e. The van der Waals surface area contributed by atoms with E-state index >= 15 is 0 Å². The maximum atomic E-state index is 13.5. The van der Waals surface area contributed by atoms with E-state index in [2.05, 4.69) is 30.9 Å². The molecular formula is C25H28F3N7O4. The second-order valence-electron chi connectivity index (χ2n) is 8.64. The van der Waals surface area contributed by atoms with Crippen LogP contribution in [0.25, 0.3) is 11.4 Å². The van der Waals surface area contributed by atoms with Crippen molar-refractivity contribution in [3.05, 3.63) is 63.8 Å². The number of aryl methyl sites for hydroxylation is 1. The van der Waals surface area contributed by atoms with Crippen LogP contribution < -0.4 is 26.2 Å². The lowest BCUT2D eigenvalue weighted by Gasteiger charge is -2.15. The number of nitrogens with zero attached hydrogens (tertiary/aromatic N) is 3. The minimum Gasteiger partial charge on any atom is -0.488 e. The predicted molar refractivity (Wildman–Crippen MR) is 139 cm³/mol. The number of halogens is 3. The van der Waals surface area contributed by atoms with Crippen molar-refractivity contribution in [2.45, 2.75) is 20.0 Å². The molecular weight excluding hydrogens is 519 g/mol. The molecule has 0 saturated heterocycles. The molecule has 0 fully saturated rings. The molecule has 11 nitrogen and oxygen atoms in total. The normalized spacial score (nSPS) is 11.3. The molecule has 3 aromatic rings. The number of ether oxygens (including phenoxy) is 1. The first-order valence-corrected chi connectivity index (χ1v) is 11.8. The smallest absolute Gasteiger partial charge is 0.416 e. The summed E-state index contributed by atoms with van der Waals surface area (Å²) < 4.78 is 45.7. The molecule has 0 aliphatic rings. The number of rotatable bonds is 9. The van der Waals surface area contributed by atoms with Crippen molar-refractivity contribution in [3.63, 3.8) is 0 Å². The zero-order valence-corrected chi connectivity index (χ0v) is 21.7. The average Bonchev–Trinajstić information content (AvgIpc) is 2.85. The lowest BCUT2D eigenvalue weighted by molar-refractivity contribution is -0.137. The van der Waals surface area contributed by atoms with Crippen LogP contribution >= 0.6 is 0 Å². The SMILES string of the molecule is CCOc1cc(-c2ncc(NC(=O)Nc3cc(C(=O)NCCN(C)C)cc(C(F)(F)F)c3)c(C)n2)c[nH]c1=O. The summed E-state index contributed by atoms with van der Waals surface area (Å²) >= 11 is 0. The van der Waals surface area contributed by atoms with Crippen molar-refractivity contribution in [2.75, 3.05) is 44.4 Å². The summed E-state index contributed by atoms with van der Waals surface area (Å²) in [6.07, 6.45) is -2.00. The number of alkyl halides is 3. The number of pyridine rings is 1. The number of aromatic amines is 1. The fourth-order valence-electron chi connectivity index (χ4n) is 3.36. The van der Waals surface area contributed by atoms with Crippen molar-refractivity contribution >= 4 is 23.3 Å². The highest BCUT2D eigenvalue weighted by Crippen LogP contribution is 2.32. The van der Waals surface area contributed by atoms with Gasteiger partial charge in [-0.3, -0.25) is 9.59 Å². The second-order valence-corrected chi connectivity index (χ2v) is 8.64. The molecule has 0 saturated carbocycles. The highest BCUT2D eigenvalue weighted by Gasteiger charge is 2.32. The van der Waals surface area contributed by atoms with Crippen LogP contribution in [-0.2, 0) is 6.18 Å². The van der Waals surface area contributed by atoms with Gasteiger partial charge in [-0.25, -0.2) is 14.8 Å². The standard InChI is InChI=1S/C25H28F3N7O4/c1-5-39-20-10-16(12-31-23(20)37)21-30-13-19(14(2)32-21)34-24(38)33-18-9-15(8-17(11-18)25(26,27)28)22(36)29-6-7-35(3)4/h8-13H,5-7H2,1-4H3,(H,29,36)(H,31,37)(H2,33,34,38). The van der Waals surface area contributed by atoms with Gasteiger partial charge in [-0.2, -0.15) is 13.2 Å². The number of carbonyl (C=O) groups is 2. The number of H-pyrrole nitrogens is 1. The topological polar surface area (TPSA) is 141 Å². The molecule has 0 atom stereocenters. The molecule has 0 radical (unpaired) electrons. The van der Waals surface area contributed by atoms with Crippen molar-refractivity contribution in [1.82, 2.24) is 25.2 Å². The molecule has 14 heteroatoms. The number of hydrogen-bond donors (Lipinski definition) is 4. The second kappa shape index (κ2) is 12.4. The van der Waals surface area contributed by atoms with Crippen molar-refractivity contribution in [1.29, 1.82) is 0 Å². The van der Waals surface area contributed by atoms with Crippen LogP contribution in [0.4, 0.5) is 29.3 Å². The number of nitrogens with one attached hydrogen (secondary N) is 4. The molecule has 2 aromatic heterocycles. The van der Waals surface area contributed by atoms with Gasteiger partial charge in [0.1, 0.15) is 0 Å². The lowest BCUT2D eigenvalue weighted by Crippen LogP contribution is -2.31. The van der Waals surface area contributed by atoms with Crippen LogP contribution in [0.1, 0.15) is 28.5 Å². The molecule has 3 rings (SSSR count). The Balaban J connectivity index is 1.77. The van der Waals surface area contributed by atoms with Crippen LogP contribution in [-0.4, -0.2) is 65.6 Å². The summed E-state index contributed by atoms with van der Waals surface area (Å²) in [5.74, 6) is -0.357. The third-order valence-corrected chi connectivity index (χ3v) is 5.28. The molecule has 0 aliphatic carbocycles. The van der Waals surface area contributed by atoms with Crippen molar-refractivity contribution in [2.24, 2.45) is 0 Å². The Morgan fingerprint density at radius 2 is 1.87 bits per heavy atom. The van der Waals surface area contributed by atoms with E-state index in [0.717, 1.165) is 18.2 Å². The van der Waals surface area contributed by atoms with E-state index in [4.69, 9.17) is 4.74 Å². The first-order valence-electron chi connectivity index (χ1n) is 11.8. The number of benzene rings is 1. The quantitative estimate of drug-likeness (QED) is 0.321. The number of carbonyl (C=O) groups excluding carboxylic acids is 2. The Labute approximate surface area is 221 Å². The summed E-state index contributed by atoms with van der Waals surface area (Å²) in [5.41, 5.74) is -0.964. The molecule has 1 aromatic carbocycles. The van der Waals surface area contributed by atoms with Crippen LogP contribution in [0.3, 0.4) is 0 Å². The molecule has 2 heterocycles. The van der Waals surface area contributed by atoms with E-state index in [9.17, 15) is 27.6 Å². The molecule has 0 spiro atoms. The molecule has 0 bridgehead atoms. The van der Waals surface area contributed by atoms with Gasteiger partial charge in [0.25, 0.3) is 11.5 Å². The van der Waals surface area contributed by atoms with E-state index in [1.807, 2.05) is 0 Å². The van der Waals surface area contributed by atoms with Crippen LogP contribution in [0.2, 0.25) is 0 Å². The van der Waals surface area contributed by atoms with Gasteiger partial charge in [0.2, 0.25) is 0 Å². The van der Waals surface area contributed by atoms with Gasteiger partial charge in [-0.1, -0.05) is 0 Å². The van der Waals surface area contributed by atoms with Gasteiger partial charge in [0.15, 0.2) is 11.6 Å². The fourth-order valence-corrected chi connectivity index (χ4v) is 3.36. The van der Waals surface area contributed by atoms with Gasteiger partial charge in [-0.05, 0) is 52.2 Å². The molecule has 4 N–H and O–H groups in total. The first kappa shape index (κ1) is 29.1. The van der Waals surface area contributed by atoms with Crippen molar-refractivity contribution < 1.29 is 27.5 Å². The van der Waals surface area contributed by atoms with E-state index in [1.165, 1.54) is 18.5 Å². The fraction of sp³-hybridized carbons (Fsp3) is 0.320. The summed E-state index contributed by atoms with van der Waals surface area (Å²) in [6.45, 7) is 4.34. The Hall–Kier alpha value is -4.46. The number of likely N-dealkylation sites (N-methyl/N-ethyl adjacent to an activating group) is 1. The van der Waals surface area contributed by atoms with E-state index in [1.54, 1.807) is 32.8 Å². The number of hydrogen-bond acceptors (Lipinski definition) is 7. The highest BCUT2D eigenvalue weighted by molar-refractivity contribution is 6.01. The summed E-state index contributed by atoms with van der Waals surface area (Å²) in [7, 11) is 3.58. The predicted octanol–water partition coefficient (Wildman–Crippen LogP) is 3.49. The molecule has 0 aliphatic heterocycles. The Morgan fingerprint density at radius 3 is 2.51 bits per heavy atom. The van der Waals surface area contributed by atoms with E-state index in [-0.39, 0.29) is 35.1 Å². The Kier molecular flexibility index (Phi) is 9.24. The van der Waals surface area contributed by atoms with Crippen molar-refractivity contribution in [3.8, 4) is 17.1 Å². The number of amides is 3. The summed E-state index contributed by atoms with van der Waals surface area (Å²) in [5, 5.41) is 7.36. The number of anilines is 2. The van der Waals surface area contributed by atoms with E-state index < -0.39 is 29.2 Å². The molecule has 3 amide bonds. The molecule has 39 heavy (non-hydrogen) atoms. The maximum absolute atomic E-state index is 13.5. The Morgan fingerprint density at radius 1 is 1.13 bits per heavy atom. The number of aromatic nitrogens is 3. The zero-order chi connectivity index (χ0) is 28.7. The third-order valence-electron chi connectivity index (χ3n) is 5.28. The zero-order valence-electron chi connectivity index (χ0n) is 21.7. The van der Waals surface area contributed by atoms with E-state index in [0.29, 0.717) is 24.4 Å². The van der Waals surface area contributed by atoms with Gasteiger partial charge < -0.3 is 30.6 Å². The van der Waals surface area contributed by atoms with Gasteiger partial charge in [-0.15, -0.1) is 0 Å². The highest BCUT2D eigenvalue weighted by atomic mass is 19.4. The molecule has 208 valence electrons. The summed E-state index contributed by atoms with van der Waals surface area (Å²) in [4.78, 5) is 49.7. The minimum absolute atomic E-state index is 0.102. The van der Waals surface area contributed by atoms with Gasteiger partial charge in [0.05, 0.1) is 29.7 Å². The first-order chi connectivity index (χ1) is 18.4. The van der Waals surface area contributed by atoms with Crippen LogP contribution in [0.5, 0.6) is 5.75 Å². The van der Waals surface area contributed by atoms with Gasteiger partial charge in [0, 0.05) is 36.1 Å². The lowest BCUT2D eigenvalue weighted by atomic mass is 10.1. The number of urea groups is 1. The third kappa shape index (κ3) is 8.01.